The average Bonchev–Trinajstić information content (AvgIpc) is 3.37. The molecule has 4 heterocycles. The van der Waals surface area contributed by atoms with Gasteiger partial charge in [-0.25, -0.2) is 9.67 Å². The van der Waals surface area contributed by atoms with Crippen LogP contribution < -0.4 is 5.32 Å². The van der Waals surface area contributed by atoms with Crippen LogP contribution in [-0.4, -0.2) is 52.3 Å². The van der Waals surface area contributed by atoms with Crippen molar-refractivity contribution in [3.63, 3.8) is 0 Å². The number of furan rings is 1. The van der Waals surface area contributed by atoms with E-state index in [2.05, 4.69) is 24.3 Å². The Kier molecular flexibility index (Phi) is 5.17. The molecular formula is C21H27N5O2. The summed E-state index contributed by atoms with van der Waals surface area (Å²) in [5, 5.41) is 8.52. The molecule has 0 atom stereocenters. The topological polar surface area (TPSA) is 76.2 Å². The first-order valence-corrected chi connectivity index (χ1v) is 9.94. The zero-order valence-electron chi connectivity index (χ0n) is 16.7. The van der Waals surface area contributed by atoms with E-state index in [4.69, 9.17) is 9.40 Å². The highest BCUT2D eigenvalue weighted by molar-refractivity contribution is 6.06. The summed E-state index contributed by atoms with van der Waals surface area (Å²) >= 11 is 0. The fourth-order valence-electron chi connectivity index (χ4n) is 3.92. The molecule has 1 aliphatic heterocycles. The molecule has 3 aromatic heterocycles. The van der Waals surface area contributed by atoms with Crippen molar-refractivity contribution in [1.29, 1.82) is 0 Å². The van der Waals surface area contributed by atoms with E-state index in [9.17, 15) is 4.79 Å². The predicted molar refractivity (Wildman–Crippen MR) is 108 cm³/mol. The Balaban J connectivity index is 1.72. The standard InChI is InChI=1S/C21H27N5O2/c1-14(2)26-20-17(13-23-26)16(11-18(24-20)19-5-4-10-28-19)21(27)25-8-6-15(7-9-25)12-22-3/h4-5,10-11,13-15,22H,6-9,12H2,1-3H3. The van der Waals surface area contributed by atoms with Gasteiger partial charge in [0.15, 0.2) is 11.4 Å². The van der Waals surface area contributed by atoms with Gasteiger partial charge in [-0.3, -0.25) is 4.79 Å². The SMILES string of the molecule is CNCC1CCN(C(=O)c2cc(-c3ccco3)nc3c2cnn3C(C)C)CC1. The number of carbonyl (C=O) groups is 1. The normalized spacial score (nSPS) is 15.6. The zero-order chi connectivity index (χ0) is 19.7. The molecule has 28 heavy (non-hydrogen) atoms. The van der Waals surface area contributed by atoms with Crippen LogP contribution in [0.5, 0.6) is 0 Å². The van der Waals surface area contributed by atoms with Crippen LogP contribution in [0.1, 0.15) is 43.1 Å². The van der Waals surface area contributed by atoms with Crippen LogP contribution >= 0.6 is 0 Å². The van der Waals surface area contributed by atoms with Gasteiger partial charge in [-0.05, 0) is 64.4 Å². The lowest BCUT2D eigenvalue weighted by molar-refractivity contribution is 0.0693. The fraction of sp³-hybridized carbons (Fsp3) is 0.476. The second kappa shape index (κ2) is 7.75. The molecule has 0 unspecified atom stereocenters. The highest BCUT2D eigenvalue weighted by Gasteiger charge is 2.26. The first-order chi connectivity index (χ1) is 13.6. The number of amides is 1. The van der Waals surface area contributed by atoms with Gasteiger partial charge in [-0.1, -0.05) is 0 Å². The highest BCUT2D eigenvalue weighted by Crippen LogP contribution is 2.28. The molecule has 0 bridgehead atoms. The van der Waals surface area contributed by atoms with Crippen molar-refractivity contribution in [2.75, 3.05) is 26.7 Å². The number of nitrogens with one attached hydrogen (secondary N) is 1. The first-order valence-electron chi connectivity index (χ1n) is 9.94. The van der Waals surface area contributed by atoms with Gasteiger partial charge in [0, 0.05) is 19.1 Å². The molecular weight excluding hydrogens is 354 g/mol. The molecule has 0 aromatic carbocycles. The minimum atomic E-state index is 0.0476. The van der Waals surface area contributed by atoms with Crippen LogP contribution in [-0.2, 0) is 0 Å². The summed E-state index contributed by atoms with van der Waals surface area (Å²) < 4.78 is 7.40. The summed E-state index contributed by atoms with van der Waals surface area (Å²) in [6.45, 7) is 6.68. The van der Waals surface area contributed by atoms with Crippen molar-refractivity contribution in [1.82, 2.24) is 25.0 Å². The molecule has 1 aliphatic rings. The first kappa shape index (κ1) is 18.7. The number of rotatable bonds is 5. The summed E-state index contributed by atoms with van der Waals surface area (Å²) in [5.74, 6) is 1.33. The van der Waals surface area contributed by atoms with E-state index in [0.29, 0.717) is 22.9 Å². The van der Waals surface area contributed by atoms with Crippen LogP contribution in [0.3, 0.4) is 0 Å². The molecule has 0 saturated carbocycles. The molecule has 3 aromatic rings. The van der Waals surface area contributed by atoms with E-state index in [1.807, 2.05) is 34.8 Å². The van der Waals surface area contributed by atoms with E-state index >= 15 is 0 Å². The van der Waals surface area contributed by atoms with Crippen molar-refractivity contribution in [3.8, 4) is 11.5 Å². The lowest BCUT2D eigenvalue weighted by atomic mass is 9.96. The zero-order valence-corrected chi connectivity index (χ0v) is 16.7. The number of piperidine rings is 1. The molecule has 7 heteroatoms. The summed E-state index contributed by atoms with van der Waals surface area (Å²) in [7, 11) is 1.98. The number of hydrogen-bond donors (Lipinski definition) is 1. The van der Waals surface area contributed by atoms with Crippen molar-refractivity contribution < 1.29 is 9.21 Å². The van der Waals surface area contributed by atoms with Crippen LogP contribution in [0, 0.1) is 5.92 Å². The minimum absolute atomic E-state index is 0.0476. The molecule has 0 radical (unpaired) electrons. The summed E-state index contributed by atoms with van der Waals surface area (Å²) in [6.07, 6.45) is 5.43. The van der Waals surface area contributed by atoms with E-state index in [1.165, 1.54) is 0 Å². The Hall–Kier alpha value is -2.67. The van der Waals surface area contributed by atoms with Crippen LogP contribution in [0.15, 0.2) is 35.1 Å². The van der Waals surface area contributed by atoms with Crippen molar-refractivity contribution >= 4 is 16.9 Å². The molecule has 1 amide bonds. The lowest BCUT2D eigenvalue weighted by Gasteiger charge is -2.32. The van der Waals surface area contributed by atoms with E-state index in [-0.39, 0.29) is 11.9 Å². The van der Waals surface area contributed by atoms with Gasteiger partial charge in [-0.2, -0.15) is 5.10 Å². The molecule has 1 fully saturated rings. The van der Waals surface area contributed by atoms with Gasteiger partial charge in [0.1, 0.15) is 5.69 Å². The number of fused-ring (bicyclic) bond motifs is 1. The summed E-state index contributed by atoms with van der Waals surface area (Å²) in [6, 6.07) is 5.68. The van der Waals surface area contributed by atoms with Crippen molar-refractivity contribution in [2.45, 2.75) is 32.7 Å². The number of nitrogens with zero attached hydrogens (tertiary/aromatic N) is 4. The summed E-state index contributed by atoms with van der Waals surface area (Å²) in [4.78, 5) is 20.1. The van der Waals surface area contributed by atoms with Gasteiger partial charge in [0.2, 0.25) is 0 Å². The monoisotopic (exact) mass is 381 g/mol. The third kappa shape index (κ3) is 3.42. The number of aromatic nitrogens is 3. The van der Waals surface area contributed by atoms with Gasteiger partial charge in [0.05, 0.1) is 23.4 Å². The maximum Gasteiger partial charge on any atom is 0.254 e. The third-order valence-corrected chi connectivity index (χ3v) is 5.45. The second-order valence-electron chi connectivity index (χ2n) is 7.75. The number of hydrogen-bond acceptors (Lipinski definition) is 5. The van der Waals surface area contributed by atoms with Crippen molar-refractivity contribution in [3.05, 3.63) is 36.2 Å². The van der Waals surface area contributed by atoms with Gasteiger partial charge in [0.25, 0.3) is 5.91 Å². The Morgan fingerprint density at radius 1 is 1.36 bits per heavy atom. The predicted octanol–water partition coefficient (Wildman–Crippen LogP) is 3.34. The van der Waals surface area contributed by atoms with E-state index in [1.54, 1.807) is 12.5 Å². The average molecular weight is 381 g/mol. The number of carbonyl (C=O) groups excluding carboxylic acids is 1. The van der Waals surface area contributed by atoms with Crippen LogP contribution in [0.4, 0.5) is 0 Å². The Bertz CT molecular complexity index is 953. The van der Waals surface area contributed by atoms with Gasteiger partial charge in [-0.15, -0.1) is 0 Å². The Morgan fingerprint density at radius 2 is 2.14 bits per heavy atom. The largest absolute Gasteiger partial charge is 0.463 e. The fourth-order valence-corrected chi connectivity index (χ4v) is 3.92. The smallest absolute Gasteiger partial charge is 0.254 e. The molecule has 0 aliphatic carbocycles. The maximum absolute atomic E-state index is 13.4. The third-order valence-electron chi connectivity index (χ3n) is 5.45. The second-order valence-corrected chi connectivity index (χ2v) is 7.75. The van der Waals surface area contributed by atoms with Gasteiger partial charge >= 0.3 is 0 Å². The highest BCUT2D eigenvalue weighted by atomic mass is 16.3. The minimum Gasteiger partial charge on any atom is -0.463 e. The quantitative estimate of drug-likeness (QED) is 0.733. The molecule has 148 valence electrons. The van der Waals surface area contributed by atoms with E-state index in [0.717, 1.165) is 43.5 Å². The molecule has 0 spiro atoms. The van der Waals surface area contributed by atoms with Crippen molar-refractivity contribution in [2.24, 2.45) is 5.92 Å². The van der Waals surface area contributed by atoms with Crippen LogP contribution in [0.2, 0.25) is 0 Å². The van der Waals surface area contributed by atoms with Crippen LogP contribution in [0.25, 0.3) is 22.5 Å². The number of pyridine rings is 1. The van der Waals surface area contributed by atoms with E-state index < -0.39 is 0 Å². The molecule has 7 nitrogen and oxygen atoms in total. The lowest BCUT2D eigenvalue weighted by Crippen LogP contribution is -2.40. The maximum atomic E-state index is 13.4. The molecule has 1 saturated heterocycles. The summed E-state index contributed by atoms with van der Waals surface area (Å²) in [5.41, 5.74) is 2.03. The Morgan fingerprint density at radius 3 is 2.79 bits per heavy atom. The molecule has 1 N–H and O–H groups in total. The van der Waals surface area contributed by atoms with Gasteiger partial charge < -0.3 is 14.6 Å². The number of likely N-dealkylation sites (tertiary alicyclic amines) is 1. The Labute approximate surface area is 164 Å². The molecule has 4 rings (SSSR count).